The van der Waals surface area contributed by atoms with Crippen LogP contribution >= 0.6 is 0 Å². The Labute approximate surface area is 134 Å². The zero-order valence-corrected chi connectivity index (χ0v) is 12.9. The van der Waals surface area contributed by atoms with Crippen LogP contribution in [0.3, 0.4) is 0 Å². The average molecular weight is 310 g/mol. The lowest BCUT2D eigenvalue weighted by atomic mass is 9.92. The molecular weight excluding hydrogens is 292 g/mol. The van der Waals surface area contributed by atoms with Crippen molar-refractivity contribution in [1.29, 1.82) is 0 Å². The van der Waals surface area contributed by atoms with E-state index in [4.69, 9.17) is 9.84 Å². The SMILES string of the molecule is CC(CCC(=O)O)c1ccc2c(c1)C(=O)c1ccccc1CO2. The largest absolute Gasteiger partial charge is 0.488 e. The average Bonchev–Trinajstić information content (AvgIpc) is 2.70. The maximum Gasteiger partial charge on any atom is 0.303 e. The predicted octanol–water partition coefficient (Wildman–Crippen LogP) is 3.78. The number of fused-ring (bicyclic) bond motifs is 2. The highest BCUT2D eigenvalue weighted by atomic mass is 16.5. The molecule has 0 fully saturated rings. The number of hydrogen-bond donors (Lipinski definition) is 1. The predicted molar refractivity (Wildman–Crippen MR) is 85.9 cm³/mol. The number of ether oxygens (including phenoxy) is 1. The van der Waals surface area contributed by atoms with Gasteiger partial charge in [0.25, 0.3) is 0 Å². The molecule has 0 aliphatic carbocycles. The first-order valence-corrected chi connectivity index (χ1v) is 7.67. The number of aliphatic carboxylic acids is 1. The van der Waals surface area contributed by atoms with Crippen molar-refractivity contribution in [3.63, 3.8) is 0 Å². The van der Waals surface area contributed by atoms with Crippen molar-refractivity contribution >= 4 is 11.8 Å². The molecule has 0 bridgehead atoms. The first-order valence-electron chi connectivity index (χ1n) is 7.67. The molecule has 4 heteroatoms. The van der Waals surface area contributed by atoms with E-state index in [0.717, 1.165) is 11.1 Å². The first kappa shape index (κ1) is 15.3. The Balaban J connectivity index is 1.94. The van der Waals surface area contributed by atoms with Gasteiger partial charge in [0.1, 0.15) is 12.4 Å². The van der Waals surface area contributed by atoms with Crippen LogP contribution < -0.4 is 4.74 Å². The Morgan fingerprint density at radius 3 is 2.78 bits per heavy atom. The van der Waals surface area contributed by atoms with E-state index >= 15 is 0 Å². The van der Waals surface area contributed by atoms with Gasteiger partial charge in [0.15, 0.2) is 5.78 Å². The van der Waals surface area contributed by atoms with Gasteiger partial charge in [0, 0.05) is 17.5 Å². The zero-order valence-electron chi connectivity index (χ0n) is 12.9. The monoisotopic (exact) mass is 310 g/mol. The first-order chi connectivity index (χ1) is 11.1. The van der Waals surface area contributed by atoms with Gasteiger partial charge < -0.3 is 9.84 Å². The van der Waals surface area contributed by atoms with Crippen molar-refractivity contribution in [1.82, 2.24) is 0 Å². The van der Waals surface area contributed by atoms with E-state index in [1.54, 1.807) is 0 Å². The number of ketones is 1. The summed E-state index contributed by atoms with van der Waals surface area (Å²) in [6.45, 7) is 2.35. The van der Waals surface area contributed by atoms with Crippen LogP contribution in [-0.2, 0) is 11.4 Å². The second-order valence-corrected chi connectivity index (χ2v) is 5.86. The van der Waals surface area contributed by atoms with Crippen molar-refractivity contribution in [3.8, 4) is 5.75 Å². The topological polar surface area (TPSA) is 63.6 Å². The van der Waals surface area contributed by atoms with Crippen LogP contribution in [-0.4, -0.2) is 16.9 Å². The minimum Gasteiger partial charge on any atom is -0.488 e. The van der Waals surface area contributed by atoms with Crippen LogP contribution in [0.25, 0.3) is 0 Å². The zero-order chi connectivity index (χ0) is 16.4. The summed E-state index contributed by atoms with van der Waals surface area (Å²) in [6, 6.07) is 13.0. The van der Waals surface area contributed by atoms with E-state index in [1.807, 2.05) is 49.4 Å². The Kier molecular flexibility index (Phi) is 4.15. The fourth-order valence-corrected chi connectivity index (χ4v) is 2.83. The van der Waals surface area contributed by atoms with Gasteiger partial charge >= 0.3 is 5.97 Å². The number of carbonyl (C=O) groups is 2. The molecule has 1 unspecified atom stereocenters. The molecule has 1 atom stereocenters. The van der Waals surface area contributed by atoms with Gasteiger partial charge in [0.05, 0.1) is 5.56 Å². The van der Waals surface area contributed by atoms with Crippen molar-refractivity contribution in [2.75, 3.05) is 0 Å². The van der Waals surface area contributed by atoms with Crippen molar-refractivity contribution < 1.29 is 19.4 Å². The quantitative estimate of drug-likeness (QED) is 0.933. The molecule has 0 aromatic heterocycles. The minimum atomic E-state index is -0.806. The number of carbonyl (C=O) groups excluding carboxylic acids is 1. The number of carboxylic acid groups (broad SMARTS) is 1. The Bertz CT molecular complexity index is 764. The summed E-state index contributed by atoms with van der Waals surface area (Å²) in [7, 11) is 0. The van der Waals surface area contributed by atoms with Gasteiger partial charge in [-0.1, -0.05) is 37.3 Å². The van der Waals surface area contributed by atoms with Gasteiger partial charge in [-0.2, -0.15) is 0 Å². The summed E-state index contributed by atoms with van der Waals surface area (Å²) < 4.78 is 5.76. The standard InChI is InChI=1S/C19H18O4/c1-12(6-9-18(20)21)13-7-8-17-16(10-13)19(22)15-5-3-2-4-14(15)11-23-17/h2-5,7-8,10,12H,6,9,11H2,1H3,(H,20,21). The third kappa shape index (κ3) is 3.11. The van der Waals surface area contributed by atoms with Crippen molar-refractivity contribution in [2.24, 2.45) is 0 Å². The van der Waals surface area contributed by atoms with E-state index in [1.165, 1.54) is 0 Å². The number of hydrogen-bond acceptors (Lipinski definition) is 3. The maximum absolute atomic E-state index is 12.8. The fraction of sp³-hybridized carbons (Fsp3) is 0.263. The van der Waals surface area contributed by atoms with E-state index in [9.17, 15) is 9.59 Å². The molecule has 2 aromatic carbocycles. The number of benzene rings is 2. The molecule has 3 rings (SSSR count). The van der Waals surface area contributed by atoms with Gasteiger partial charge in [0.2, 0.25) is 0 Å². The molecule has 4 nitrogen and oxygen atoms in total. The lowest BCUT2D eigenvalue weighted by Crippen LogP contribution is -2.05. The fourth-order valence-electron chi connectivity index (χ4n) is 2.83. The van der Waals surface area contributed by atoms with Crippen LogP contribution in [0.5, 0.6) is 5.75 Å². The molecule has 2 aromatic rings. The molecule has 1 heterocycles. The van der Waals surface area contributed by atoms with Crippen LogP contribution in [0.2, 0.25) is 0 Å². The van der Waals surface area contributed by atoms with E-state index in [0.29, 0.717) is 29.9 Å². The summed E-state index contributed by atoms with van der Waals surface area (Å²) in [5.41, 5.74) is 3.06. The molecule has 1 aliphatic rings. The van der Waals surface area contributed by atoms with Crippen molar-refractivity contribution in [3.05, 3.63) is 64.7 Å². The molecular formula is C19H18O4. The van der Waals surface area contributed by atoms with E-state index in [2.05, 4.69) is 0 Å². The lowest BCUT2D eigenvalue weighted by molar-refractivity contribution is -0.137. The Hall–Kier alpha value is -2.62. The van der Waals surface area contributed by atoms with Gasteiger partial charge in [-0.15, -0.1) is 0 Å². The molecule has 1 N–H and O–H groups in total. The van der Waals surface area contributed by atoms with Crippen LogP contribution in [0.15, 0.2) is 42.5 Å². The Morgan fingerprint density at radius 2 is 2.00 bits per heavy atom. The third-order valence-electron chi connectivity index (χ3n) is 4.25. The van der Waals surface area contributed by atoms with E-state index < -0.39 is 5.97 Å². The molecule has 0 spiro atoms. The summed E-state index contributed by atoms with van der Waals surface area (Å²) in [4.78, 5) is 23.5. The minimum absolute atomic E-state index is 0.0413. The molecule has 118 valence electrons. The Morgan fingerprint density at radius 1 is 1.22 bits per heavy atom. The number of carboxylic acids is 1. The molecule has 0 saturated heterocycles. The number of rotatable bonds is 4. The van der Waals surface area contributed by atoms with Gasteiger partial charge in [-0.05, 0) is 30.0 Å². The van der Waals surface area contributed by atoms with Gasteiger partial charge in [-0.25, -0.2) is 0 Å². The molecule has 0 saturated carbocycles. The second-order valence-electron chi connectivity index (χ2n) is 5.86. The lowest BCUT2D eigenvalue weighted by Gasteiger charge is -2.13. The normalized spacial score (nSPS) is 14.2. The summed E-state index contributed by atoms with van der Waals surface area (Å²) in [5, 5.41) is 8.82. The molecule has 1 aliphatic heterocycles. The van der Waals surface area contributed by atoms with Crippen molar-refractivity contribution in [2.45, 2.75) is 32.3 Å². The second kappa shape index (κ2) is 6.24. The molecule has 0 amide bonds. The highest BCUT2D eigenvalue weighted by Crippen LogP contribution is 2.32. The summed E-state index contributed by atoms with van der Waals surface area (Å²) in [5.74, 6) is -0.191. The smallest absolute Gasteiger partial charge is 0.303 e. The van der Waals surface area contributed by atoms with Crippen LogP contribution in [0.4, 0.5) is 0 Å². The van der Waals surface area contributed by atoms with E-state index in [-0.39, 0.29) is 18.1 Å². The maximum atomic E-state index is 12.8. The third-order valence-corrected chi connectivity index (χ3v) is 4.25. The molecule has 23 heavy (non-hydrogen) atoms. The molecule has 0 radical (unpaired) electrons. The summed E-state index contributed by atoms with van der Waals surface area (Å²) >= 11 is 0. The van der Waals surface area contributed by atoms with Crippen LogP contribution in [0, 0.1) is 0 Å². The highest BCUT2D eigenvalue weighted by Gasteiger charge is 2.23. The van der Waals surface area contributed by atoms with Gasteiger partial charge in [-0.3, -0.25) is 9.59 Å². The summed E-state index contributed by atoms with van der Waals surface area (Å²) in [6.07, 6.45) is 0.658. The highest BCUT2D eigenvalue weighted by molar-refractivity contribution is 6.12. The van der Waals surface area contributed by atoms with Crippen LogP contribution in [0.1, 0.15) is 52.7 Å².